The van der Waals surface area contributed by atoms with Crippen LogP contribution >= 0.6 is 23.4 Å². The molecule has 1 aromatic carbocycles. The van der Waals surface area contributed by atoms with Crippen LogP contribution in [0.1, 0.15) is 99.3 Å². The largest absolute Gasteiger partial charge is 0.400 e. The summed E-state index contributed by atoms with van der Waals surface area (Å²) in [5.41, 5.74) is 6.44. The van der Waals surface area contributed by atoms with E-state index in [0.29, 0.717) is 29.5 Å². The van der Waals surface area contributed by atoms with Gasteiger partial charge >= 0.3 is 0 Å². The first-order chi connectivity index (χ1) is 17.3. The molecule has 0 atom stereocenters. The molecule has 0 bridgehead atoms. The first kappa shape index (κ1) is 25.2. The summed E-state index contributed by atoms with van der Waals surface area (Å²) in [6.07, 6.45) is 8.23. The Labute approximate surface area is 223 Å². The predicted octanol–water partition coefficient (Wildman–Crippen LogP) is 9.09. The Bertz CT molecular complexity index is 1350. The molecule has 0 spiro atoms. The van der Waals surface area contributed by atoms with E-state index in [1.165, 1.54) is 56.9 Å². The van der Waals surface area contributed by atoms with Crippen molar-refractivity contribution in [1.82, 2.24) is 15.0 Å². The standard InChI is InChI=1S/C30H35N3OS2/c1-17(2)21-15-23(18(3)4)27(24(16-21)19(5)6)36-34-29-26-22-9-7-8-10-25(22)35-30(26)33-28(32-29)20-11-13-31-14-12-20/h11-19H,7-10H2,1-6H3. The van der Waals surface area contributed by atoms with E-state index < -0.39 is 0 Å². The monoisotopic (exact) mass is 517 g/mol. The molecule has 0 fully saturated rings. The molecule has 3 aromatic heterocycles. The third-order valence-corrected chi connectivity index (χ3v) is 9.07. The molecular weight excluding hydrogens is 482 g/mol. The summed E-state index contributed by atoms with van der Waals surface area (Å²) in [6.45, 7) is 13.6. The number of aryl methyl sites for hydroxylation is 2. The number of hydrogen-bond donors (Lipinski definition) is 0. The van der Waals surface area contributed by atoms with Gasteiger partial charge in [-0.25, -0.2) is 4.98 Å². The van der Waals surface area contributed by atoms with Crippen molar-refractivity contribution < 1.29 is 4.18 Å². The first-order valence-electron chi connectivity index (χ1n) is 13.1. The highest BCUT2D eigenvalue weighted by atomic mass is 32.2. The Morgan fingerprint density at radius 3 is 2.17 bits per heavy atom. The molecule has 1 aliphatic carbocycles. The maximum atomic E-state index is 6.63. The van der Waals surface area contributed by atoms with Gasteiger partial charge in [0.2, 0.25) is 5.88 Å². The fraction of sp³-hybridized carbons (Fsp3) is 0.433. The van der Waals surface area contributed by atoms with E-state index in [1.54, 1.807) is 12.4 Å². The van der Waals surface area contributed by atoms with Crippen molar-refractivity contribution in [2.45, 2.75) is 89.9 Å². The van der Waals surface area contributed by atoms with E-state index in [1.807, 2.05) is 23.5 Å². The summed E-state index contributed by atoms with van der Waals surface area (Å²) in [4.78, 5) is 17.8. The van der Waals surface area contributed by atoms with Crippen LogP contribution in [0.2, 0.25) is 0 Å². The van der Waals surface area contributed by atoms with Crippen molar-refractivity contribution in [3.05, 3.63) is 63.8 Å². The lowest BCUT2D eigenvalue weighted by Crippen LogP contribution is -2.04. The number of benzene rings is 1. The molecule has 6 heteroatoms. The minimum Gasteiger partial charge on any atom is -0.400 e. The van der Waals surface area contributed by atoms with Crippen LogP contribution < -0.4 is 4.18 Å². The number of hydrogen-bond acceptors (Lipinski definition) is 6. The zero-order valence-electron chi connectivity index (χ0n) is 22.1. The number of aromatic nitrogens is 3. The molecule has 0 saturated carbocycles. The minimum atomic E-state index is 0.402. The smallest absolute Gasteiger partial charge is 0.241 e. The van der Waals surface area contributed by atoms with Crippen LogP contribution in [0.25, 0.3) is 21.6 Å². The van der Waals surface area contributed by atoms with Gasteiger partial charge in [-0.2, -0.15) is 4.98 Å². The lowest BCUT2D eigenvalue weighted by molar-refractivity contribution is 0.617. The van der Waals surface area contributed by atoms with Gasteiger partial charge in [0.15, 0.2) is 5.82 Å². The maximum Gasteiger partial charge on any atom is 0.241 e. The Hall–Kier alpha value is -2.44. The Balaban J connectivity index is 1.62. The predicted molar refractivity (Wildman–Crippen MR) is 152 cm³/mol. The second-order valence-electron chi connectivity index (χ2n) is 10.6. The van der Waals surface area contributed by atoms with Gasteiger partial charge in [0, 0.05) is 22.8 Å². The highest BCUT2D eigenvalue weighted by molar-refractivity contribution is 7.95. The second kappa shape index (κ2) is 10.5. The molecule has 0 unspecified atom stereocenters. The number of pyridine rings is 1. The van der Waals surface area contributed by atoms with Crippen LogP contribution in [-0.4, -0.2) is 15.0 Å². The summed E-state index contributed by atoms with van der Waals surface area (Å²) in [6, 6.07) is 8.67. The summed E-state index contributed by atoms with van der Waals surface area (Å²) in [5.74, 6) is 2.68. The quantitative estimate of drug-likeness (QED) is 0.229. The Kier molecular flexibility index (Phi) is 7.36. The molecule has 4 aromatic rings. The van der Waals surface area contributed by atoms with Gasteiger partial charge in [-0.3, -0.25) is 4.98 Å². The molecule has 5 rings (SSSR count). The van der Waals surface area contributed by atoms with Crippen molar-refractivity contribution in [2.24, 2.45) is 0 Å². The van der Waals surface area contributed by atoms with Gasteiger partial charge < -0.3 is 4.18 Å². The van der Waals surface area contributed by atoms with E-state index in [4.69, 9.17) is 14.2 Å². The van der Waals surface area contributed by atoms with Crippen molar-refractivity contribution in [3.8, 4) is 17.3 Å². The van der Waals surface area contributed by atoms with Gasteiger partial charge in [-0.15, -0.1) is 11.3 Å². The molecule has 0 amide bonds. The van der Waals surface area contributed by atoms with Crippen LogP contribution in [-0.2, 0) is 12.8 Å². The molecule has 4 nitrogen and oxygen atoms in total. The van der Waals surface area contributed by atoms with E-state index in [9.17, 15) is 0 Å². The molecule has 1 aliphatic rings. The maximum absolute atomic E-state index is 6.63. The number of rotatable bonds is 7. The first-order valence-corrected chi connectivity index (χ1v) is 14.6. The van der Waals surface area contributed by atoms with Crippen LogP contribution in [0, 0.1) is 0 Å². The topological polar surface area (TPSA) is 47.9 Å². The molecular formula is C30H35N3OS2. The number of fused-ring (bicyclic) bond motifs is 3. The van der Waals surface area contributed by atoms with Crippen molar-refractivity contribution in [1.29, 1.82) is 0 Å². The molecule has 3 heterocycles. The fourth-order valence-corrected chi connectivity index (χ4v) is 7.20. The lowest BCUT2D eigenvalue weighted by atomic mass is 9.89. The summed E-state index contributed by atoms with van der Waals surface area (Å²) in [7, 11) is 0. The van der Waals surface area contributed by atoms with E-state index in [-0.39, 0.29) is 0 Å². The third kappa shape index (κ3) is 4.90. The van der Waals surface area contributed by atoms with Crippen LogP contribution in [0.4, 0.5) is 0 Å². The van der Waals surface area contributed by atoms with E-state index in [0.717, 1.165) is 28.6 Å². The zero-order valence-corrected chi connectivity index (χ0v) is 23.7. The van der Waals surface area contributed by atoms with Gasteiger partial charge in [0.1, 0.15) is 4.83 Å². The summed E-state index contributed by atoms with van der Waals surface area (Å²) in [5, 5.41) is 1.11. The molecule has 0 aliphatic heterocycles. The minimum absolute atomic E-state index is 0.402. The van der Waals surface area contributed by atoms with Gasteiger partial charge in [0.05, 0.1) is 22.3 Å². The highest BCUT2D eigenvalue weighted by Crippen LogP contribution is 2.44. The molecule has 0 radical (unpaired) electrons. The average molecular weight is 518 g/mol. The normalized spacial score (nSPS) is 13.7. The van der Waals surface area contributed by atoms with E-state index >= 15 is 0 Å². The van der Waals surface area contributed by atoms with E-state index in [2.05, 4.69) is 58.7 Å². The molecule has 0 N–H and O–H groups in total. The van der Waals surface area contributed by atoms with Crippen LogP contribution in [0.5, 0.6) is 5.88 Å². The summed E-state index contributed by atoms with van der Waals surface area (Å²) >= 11 is 3.29. The second-order valence-corrected chi connectivity index (χ2v) is 12.5. The summed E-state index contributed by atoms with van der Waals surface area (Å²) < 4.78 is 6.63. The Morgan fingerprint density at radius 1 is 0.861 bits per heavy atom. The average Bonchev–Trinajstić information content (AvgIpc) is 3.25. The van der Waals surface area contributed by atoms with Crippen LogP contribution in [0.3, 0.4) is 0 Å². The lowest BCUT2D eigenvalue weighted by Gasteiger charge is -2.22. The van der Waals surface area contributed by atoms with Crippen LogP contribution in [0.15, 0.2) is 41.6 Å². The SMILES string of the molecule is CC(C)c1cc(C(C)C)c(SOc2nc(-c3ccncc3)nc3sc4c(c23)CCCC4)c(C(C)C)c1. The Morgan fingerprint density at radius 2 is 1.53 bits per heavy atom. The third-order valence-electron chi connectivity index (χ3n) is 7.00. The van der Waals surface area contributed by atoms with Gasteiger partial charge in [-0.1, -0.05) is 53.7 Å². The van der Waals surface area contributed by atoms with Crippen molar-refractivity contribution in [2.75, 3.05) is 0 Å². The van der Waals surface area contributed by atoms with Crippen molar-refractivity contribution >= 4 is 33.6 Å². The highest BCUT2D eigenvalue weighted by Gasteiger charge is 2.24. The zero-order chi connectivity index (χ0) is 25.4. The number of nitrogens with zero attached hydrogens (tertiary/aromatic N) is 3. The van der Waals surface area contributed by atoms with Gasteiger partial charge in [0.25, 0.3) is 0 Å². The van der Waals surface area contributed by atoms with Crippen molar-refractivity contribution in [3.63, 3.8) is 0 Å². The van der Waals surface area contributed by atoms with Gasteiger partial charge in [-0.05, 0) is 77.8 Å². The fourth-order valence-electron chi connectivity index (χ4n) is 4.88. The molecule has 0 saturated heterocycles. The molecule has 188 valence electrons. The molecule has 36 heavy (non-hydrogen) atoms. The number of thiophene rings is 1.